The van der Waals surface area contributed by atoms with Crippen molar-refractivity contribution in [2.45, 2.75) is 13.3 Å². The first kappa shape index (κ1) is 13.0. The average molecular weight is 253 g/mol. The van der Waals surface area contributed by atoms with E-state index in [1.807, 2.05) is 24.3 Å². The maximum absolute atomic E-state index is 11.7. The molecular formula is C15H15N3O. The van der Waals surface area contributed by atoms with Crippen molar-refractivity contribution in [3.63, 3.8) is 0 Å². The lowest BCUT2D eigenvalue weighted by molar-refractivity contribution is 0.0955. The second-order valence-corrected chi connectivity index (χ2v) is 4.03. The van der Waals surface area contributed by atoms with Gasteiger partial charge in [0.15, 0.2) is 0 Å². The smallest absolute Gasteiger partial charge is 0.267 e. The molecule has 1 aromatic heterocycles. The number of carbonyl (C=O) groups excluding carboxylic acids is 1. The van der Waals surface area contributed by atoms with Gasteiger partial charge in [-0.05, 0) is 29.7 Å². The maximum Gasteiger partial charge on any atom is 0.271 e. The Balaban J connectivity index is 1.94. The van der Waals surface area contributed by atoms with Crippen molar-refractivity contribution in [2.24, 2.45) is 5.10 Å². The van der Waals surface area contributed by atoms with Gasteiger partial charge in [-0.1, -0.05) is 31.2 Å². The van der Waals surface area contributed by atoms with Crippen molar-refractivity contribution in [1.82, 2.24) is 10.4 Å². The summed E-state index contributed by atoms with van der Waals surface area (Å²) in [5, 5.41) is 3.93. The fourth-order valence-electron chi connectivity index (χ4n) is 1.57. The topological polar surface area (TPSA) is 54.4 Å². The van der Waals surface area contributed by atoms with Crippen LogP contribution >= 0.6 is 0 Å². The van der Waals surface area contributed by atoms with E-state index >= 15 is 0 Å². The van der Waals surface area contributed by atoms with Gasteiger partial charge in [0.05, 0.1) is 6.21 Å². The highest BCUT2D eigenvalue weighted by atomic mass is 16.2. The molecule has 4 heteroatoms. The number of aryl methyl sites for hydroxylation is 1. The van der Waals surface area contributed by atoms with Gasteiger partial charge in [-0.2, -0.15) is 5.10 Å². The van der Waals surface area contributed by atoms with Crippen molar-refractivity contribution in [3.05, 3.63) is 65.5 Å². The zero-order chi connectivity index (χ0) is 13.5. The molecule has 1 heterocycles. The molecule has 4 nitrogen and oxygen atoms in total. The number of nitrogens with one attached hydrogen (secondary N) is 1. The normalized spacial score (nSPS) is 10.6. The minimum Gasteiger partial charge on any atom is -0.267 e. The molecule has 0 fully saturated rings. The summed E-state index contributed by atoms with van der Waals surface area (Å²) in [7, 11) is 0. The Kier molecular flexibility index (Phi) is 4.39. The second kappa shape index (κ2) is 6.44. The Bertz CT molecular complexity index is 562. The minimum atomic E-state index is -0.246. The van der Waals surface area contributed by atoms with Crippen molar-refractivity contribution >= 4 is 12.1 Å². The molecule has 19 heavy (non-hydrogen) atoms. The van der Waals surface area contributed by atoms with Gasteiger partial charge in [0.1, 0.15) is 0 Å². The first-order chi connectivity index (χ1) is 9.29. The summed E-state index contributed by atoms with van der Waals surface area (Å²) >= 11 is 0. The van der Waals surface area contributed by atoms with E-state index < -0.39 is 0 Å². The maximum atomic E-state index is 11.7. The van der Waals surface area contributed by atoms with Crippen LogP contribution in [0.5, 0.6) is 0 Å². The number of rotatable bonds is 4. The number of nitrogens with zero attached hydrogens (tertiary/aromatic N) is 2. The highest BCUT2D eigenvalue weighted by Gasteiger charge is 2.01. The number of hydrogen-bond donors (Lipinski definition) is 1. The first-order valence-electron chi connectivity index (χ1n) is 6.12. The van der Waals surface area contributed by atoms with Gasteiger partial charge in [-0.3, -0.25) is 9.78 Å². The standard InChI is InChI=1S/C15H15N3O/c1-2-12-3-5-13(6-4-12)11-17-18-15(19)14-7-9-16-10-8-14/h3-11H,2H2,1H3,(H,18,19)/b17-11-. The molecule has 0 saturated heterocycles. The Hall–Kier alpha value is -2.49. The number of pyridine rings is 1. The van der Waals surface area contributed by atoms with E-state index in [2.05, 4.69) is 22.4 Å². The Labute approximate surface area is 112 Å². The van der Waals surface area contributed by atoms with E-state index in [1.165, 1.54) is 5.56 Å². The van der Waals surface area contributed by atoms with Crippen LogP contribution in [-0.2, 0) is 6.42 Å². The predicted octanol–water partition coefficient (Wildman–Crippen LogP) is 2.41. The second-order valence-electron chi connectivity index (χ2n) is 4.03. The molecule has 0 bridgehead atoms. The lowest BCUT2D eigenvalue weighted by Crippen LogP contribution is -2.17. The lowest BCUT2D eigenvalue weighted by Gasteiger charge is -1.99. The molecule has 0 unspecified atom stereocenters. The molecular weight excluding hydrogens is 238 g/mol. The van der Waals surface area contributed by atoms with E-state index in [4.69, 9.17) is 0 Å². The molecule has 1 N–H and O–H groups in total. The zero-order valence-electron chi connectivity index (χ0n) is 10.7. The van der Waals surface area contributed by atoms with Crippen LogP contribution < -0.4 is 5.43 Å². The van der Waals surface area contributed by atoms with Gasteiger partial charge in [0, 0.05) is 18.0 Å². The minimum absolute atomic E-state index is 0.246. The third-order valence-corrected chi connectivity index (χ3v) is 2.71. The van der Waals surface area contributed by atoms with E-state index in [0.717, 1.165) is 12.0 Å². The molecule has 96 valence electrons. The van der Waals surface area contributed by atoms with Gasteiger partial charge < -0.3 is 0 Å². The van der Waals surface area contributed by atoms with Crippen LogP contribution in [0.1, 0.15) is 28.4 Å². The fraction of sp³-hybridized carbons (Fsp3) is 0.133. The molecule has 2 rings (SSSR count). The van der Waals surface area contributed by atoms with Crippen LogP contribution in [0.2, 0.25) is 0 Å². The van der Waals surface area contributed by atoms with Crippen LogP contribution in [0.3, 0.4) is 0 Å². The number of hydrazone groups is 1. The van der Waals surface area contributed by atoms with Crippen molar-refractivity contribution < 1.29 is 4.79 Å². The van der Waals surface area contributed by atoms with Crippen LogP contribution in [0, 0.1) is 0 Å². The summed E-state index contributed by atoms with van der Waals surface area (Å²) in [6.07, 6.45) is 5.78. The van der Waals surface area contributed by atoms with Crippen molar-refractivity contribution in [2.75, 3.05) is 0 Å². The van der Waals surface area contributed by atoms with E-state index in [9.17, 15) is 4.79 Å². The summed E-state index contributed by atoms with van der Waals surface area (Å²) in [5.41, 5.74) is 5.24. The van der Waals surface area contributed by atoms with Gasteiger partial charge in [0.25, 0.3) is 5.91 Å². The van der Waals surface area contributed by atoms with Crippen LogP contribution in [-0.4, -0.2) is 17.1 Å². The van der Waals surface area contributed by atoms with Crippen LogP contribution in [0.4, 0.5) is 0 Å². The largest absolute Gasteiger partial charge is 0.271 e. The molecule has 0 radical (unpaired) electrons. The van der Waals surface area contributed by atoms with Crippen LogP contribution in [0.15, 0.2) is 53.9 Å². The highest BCUT2D eigenvalue weighted by molar-refractivity contribution is 5.94. The molecule has 2 aromatic rings. The zero-order valence-corrected chi connectivity index (χ0v) is 10.7. The third kappa shape index (κ3) is 3.74. The molecule has 0 aliphatic carbocycles. The summed E-state index contributed by atoms with van der Waals surface area (Å²) in [6, 6.07) is 11.3. The molecule has 0 atom stereocenters. The molecule has 0 saturated carbocycles. The van der Waals surface area contributed by atoms with E-state index in [-0.39, 0.29) is 5.91 Å². The summed E-state index contributed by atoms with van der Waals surface area (Å²) in [6.45, 7) is 2.11. The van der Waals surface area contributed by atoms with Gasteiger partial charge in [-0.15, -0.1) is 0 Å². The highest BCUT2D eigenvalue weighted by Crippen LogP contribution is 2.02. The number of aromatic nitrogens is 1. The Morgan fingerprint density at radius 3 is 2.53 bits per heavy atom. The van der Waals surface area contributed by atoms with E-state index in [0.29, 0.717) is 5.56 Å². The summed E-state index contributed by atoms with van der Waals surface area (Å²) < 4.78 is 0. The van der Waals surface area contributed by atoms with Crippen molar-refractivity contribution in [3.8, 4) is 0 Å². The quantitative estimate of drug-likeness (QED) is 0.672. The Morgan fingerprint density at radius 1 is 1.21 bits per heavy atom. The summed E-state index contributed by atoms with van der Waals surface area (Å²) in [5.74, 6) is -0.246. The monoisotopic (exact) mass is 253 g/mol. The SMILES string of the molecule is CCc1ccc(/C=N\NC(=O)c2ccncc2)cc1. The van der Waals surface area contributed by atoms with E-state index in [1.54, 1.807) is 30.7 Å². The van der Waals surface area contributed by atoms with Gasteiger partial charge in [0.2, 0.25) is 0 Å². The van der Waals surface area contributed by atoms with Crippen molar-refractivity contribution in [1.29, 1.82) is 0 Å². The number of hydrogen-bond acceptors (Lipinski definition) is 3. The van der Waals surface area contributed by atoms with Gasteiger partial charge in [-0.25, -0.2) is 5.43 Å². The van der Waals surface area contributed by atoms with Gasteiger partial charge >= 0.3 is 0 Å². The molecule has 0 spiro atoms. The summed E-state index contributed by atoms with van der Waals surface area (Å²) in [4.78, 5) is 15.5. The Morgan fingerprint density at radius 2 is 1.89 bits per heavy atom. The number of benzene rings is 1. The number of amides is 1. The molecule has 0 aliphatic rings. The molecule has 1 aromatic carbocycles. The van der Waals surface area contributed by atoms with Crippen LogP contribution in [0.25, 0.3) is 0 Å². The third-order valence-electron chi connectivity index (χ3n) is 2.71. The molecule has 0 aliphatic heterocycles. The fourth-order valence-corrected chi connectivity index (χ4v) is 1.57. The lowest BCUT2D eigenvalue weighted by atomic mass is 10.1. The average Bonchev–Trinajstić information content (AvgIpc) is 2.49. The molecule has 1 amide bonds. The number of carbonyl (C=O) groups is 1. The predicted molar refractivity (Wildman–Crippen MR) is 75.1 cm³/mol. The first-order valence-corrected chi connectivity index (χ1v) is 6.12.